The zero-order chi connectivity index (χ0) is 13.8. The summed E-state index contributed by atoms with van der Waals surface area (Å²) in [6.07, 6.45) is 2.41. The molecule has 0 amide bonds. The van der Waals surface area contributed by atoms with Gasteiger partial charge in [0.15, 0.2) is 0 Å². The molecule has 0 aliphatic carbocycles. The van der Waals surface area contributed by atoms with Gasteiger partial charge >= 0.3 is 5.69 Å². The average Bonchev–Trinajstić information content (AvgIpc) is 2.43. The van der Waals surface area contributed by atoms with Crippen LogP contribution in [0.15, 0.2) is 41.5 Å². The van der Waals surface area contributed by atoms with Gasteiger partial charge in [-0.05, 0) is 30.2 Å². The average molecular weight is 260 g/mol. The van der Waals surface area contributed by atoms with Crippen LogP contribution in [-0.2, 0) is 6.54 Å². The fourth-order valence-corrected chi connectivity index (χ4v) is 1.84. The van der Waals surface area contributed by atoms with Gasteiger partial charge in [-0.25, -0.2) is 9.78 Å². The van der Waals surface area contributed by atoms with Gasteiger partial charge in [-0.2, -0.15) is 0 Å². The Morgan fingerprint density at radius 3 is 3.00 bits per heavy atom. The number of aliphatic hydroxyl groups is 1. The van der Waals surface area contributed by atoms with Gasteiger partial charge in [0.05, 0.1) is 19.8 Å². The SMILES string of the molecule is COc1cccc(C(O)Cn2cc(C)cnc2=O)c1. The molecule has 5 nitrogen and oxygen atoms in total. The number of aryl methyl sites for hydroxylation is 1. The van der Waals surface area contributed by atoms with Crippen molar-refractivity contribution >= 4 is 0 Å². The van der Waals surface area contributed by atoms with Gasteiger partial charge in [0.25, 0.3) is 0 Å². The van der Waals surface area contributed by atoms with E-state index < -0.39 is 6.10 Å². The Hall–Kier alpha value is -2.14. The number of methoxy groups -OCH3 is 1. The Morgan fingerprint density at radius 1 is 1.47 bits per heavy atom. The monoisotopic (exact) mass is 260 g/mol. The minimum atomic E-state index is -0.781. The molecule has 1 unspecified atom stereocenters. The summed E-state index contributed by atoms with van der Waals surface area (Å²) in [6.45, 7) is 2.02. The van der Waals surface area contributed by atoms with Crippen LogP contribution in [0.1, 0.15) is 17.2 Å². The zero-order valence-electron chi connectivity index (χ0n) is 10.9. The number of hydrogen-bond acceptors (Lipinski definition) is 4. The van der Waals surface area contributed by atoms with Crippen molar-refractivity contribution in [3.05, 3.63) is 58.3 Å². The lowest BCUT2D eigenvalue weighted by atomic mass is 10.1. The van der Waals surface area contributed by atoms with E-state index in [-0.39, 0.29) is 12.2 Å². The molecule has 1 atom stereocenters. The van der Waals surface area contributed by atoms with E-state index in [2.05, 4.69) is 4.98 Å². The lowest BCUT2D eigenvalue weighted by Gasteiger charge is -2.13. The number of hydrogen-bond donors (Lipinski definition) is 1. The summed E-state index contributed by atoms with van der Waals surface area (Å²) in [6, 6.07) is 7.14. The van der Waals surface area contributed by atoms with Crippen LogP contribution in [0.2, 0.25) is 0 Å². The molecule has 1 aromatic heterocycles. The maximum absolute atomic E-state index is 11.6. The molecule has 0 radical (unpaired) electrons. The van der Waals surface area contributed by atoms with Gasteiger partial charge in [-0.15, -0.1) is 0 Å². The first-order chi connectivity index (χ1) is 9.10. The number of nitrogens with zero attached hydrogens (tertiary/aromatic N) is 2. The Morgan fingerprint density at radius 2 is 2.26 bits per heavy atom. The number of ether oxygens (including phenoxy) is 1. The van der Waals surface area contributed by atoms with Crippen LogP contribution in [0.25, 0.3) is 0 Å². The highest BCUT2D eigenvalue weighted by molar-refractivity contribution is 5.29. The third kappa shape index (κ3) is 3.20. The number of aromatic nitrogens is 2. The molecule has 1 heterocycles. The quantitative estimate of drug-likeness (QED) is 0.899. The molecule has 0 saturated carbocycles. The largest absolute Gasteiger partial charge is 0.497 e. The molecule has 0 fully saturated rings. The predicted octanol–water partition coefficient (Wildman–Crippen LogP) is 1.29. The lowest BCUT2D eigenvalue weighted by molar-refractivity contribution is 0.154. The van der Waals surface area contributed by atoms with Crippen molar-refractivity contribution in [3.8, 4) is 5.75 Å². The van der Waals surface area contributed by atoms with Crippen molar-refractivity contribution < 1.29 is 9.84 Å². The maximum atomic E-state index is 11.6. The molecule has 2 aromatic rings. The fraction of sp³-hybridized carbons (Fsp3) is 0.286. The summed E-state index contributed by atoms with van der Waals surface area (Å²) in [7, 11) is 1.57. The van der Waals surface area contributed by atoms with Crippen LogP contribution < -0.4 is 10.4 Å². The Kier molecular flexibility index (Phi) is 3.97. The molecule has 5 heteroatoms. The second-order valence-corrected chi connectivity index (χ2v) is 4.36. The van der Waals surface area contributed by atoms with E-state index in [0.29, 0.717) is 11.3 Å². The molecular formula is C14H16N2O3. The van der Waals surface area contributed by atoms with Gasteiger partial charge in [-0.1, -0.05) is 12.1 Å². The highest BCUT2D eigenvalue weighted by Gasteiger charge is 2.10. The minimum Gasteiger partial charge on any atom is -0.497 e. The Balaban J connectivity index is 2.22. The number of aliphatic hydroxyl groups excluding tert-OH is 1. The predicted molar refractivity (Wildman–Crippen MR) is 71.2 cm³/mol. The van der Waals surface area contributed by atoms with E-state index >= 15 is 0 Å². The van der Waals surface area contributed by atoms with Crippen LogP contribution >= 0.6 is 0 Å². The van der Waals surface area contributed by atoms with E-state index in [1.54, 1.807) is 37.6 Å². The van der Waals surface area contributed by atoms with Crippen molar-refractivity contribution in [2.24, 2.45) is 0 Å². The number of rotatable bonds is 4. The molecular weight excluding hydrogens is 244 g/mol. The van der Waals surface area contributed by atoms with E-state index in [1.165, 1.54) is 10.8 Å². The third-order valence-electron chi connectivity index (χ3n) is 2.83. The molecule has 0 bridgehead atoms. The number of benzene rings is 1. The van der Waals surface area contributed by atoms with E-state index in [1.807, 2.05) is 6.92 Å². The normalized spacial score (nSPS) is 12.2. The van der Waals surface area contributed by atoms with Crippen LogP contribution in [0.4, 0.5) is 0 Å². The van der Waals surface area contributed by atoms with Crippen LogP contribution in [0, 0.1) is 6.92 Å². The molecule has 0 aliphatic heterocycles. The standard InChI is InChI=1S/C14H16N2O3/c1-10-7-15-14(18)16(8-10)9-13(17)11-4-3-5-12(6-11)19-2/h3-8,13,17H,9H2,1-2H3. The maximum Gasteiger partial charge on any atom is 0.347 e. The van der Waals surface area contributed by atoms with Gasteiger partial charge in [0, 0.05) is 12.4 Å². The van der Waals surface area contributed by atoms with Gasteiger partial charge < -0.3 is 9.84 Å². The summed E-state index contributed by atoms with van der Waals surface area (Å²) < 4.78 is 6.51. The van der Waals surface area contributed by atoms with Gasteiger partial charge in [-0.3, -0.25) is 4.57 Å². The molecule has 2 rings (SSSR count). The topological polar surface area (TPSA) is 64.3 Å². The molecule has 1 aromatic carbocycles. The first-order valence-corrected chi connectivity index (χ1v) is 5.95. The molecule has 0 spiro atoms. The minimum absolute atomic E-state index is 0.167. The second-order valence-electron chi connectivity index (χ2n) is 4.36. The summed E-state index contributed by atoms with van der Waals surface area (Å²) in [5.74, 6) is 0.672. The van der Waals surface area contributed by atoms with Crippen molar-refractivity contribution in [1.29, 1.82) is 0 Å². The Bertz CT molecular complexity index is 622. The summed E-state index contributed by atoms with van der Waals surface area (Å²) in [5.41, 5.74) is 1.21. The van der Waals surface area contributed by atoms with E-state index in [0.717, 1.165) is 5.56 Å². The van der Waals surface area contributed by atoms with Crippen molar-refractivity contribution in [3.63, 3.8) is 0 Å². The van der Waals surface area contributed by atoms with Crippen LogP contribution in [0.3, 0.4) is 0 Å². The highest BCUT2D eigenvalue weighted by Crippen LogP contribution is 2.19. The first kappa shape index (κ1) is 13.3. The fourth-order valence-electron chi connectivity index (χ4n) is 1.84. The highest BCUT2D eigenvalue weighted by atomic mass is 16.5. The lowest BCUT2D eigenvalue weighted by Crippen LogP contribution is -2.25. The second kappa shape index (κ2) is 5.67. The summed E-state index contributed by atoms with van der Waals surface area (Å²) in [5, 5.41) is 10.2. The molecule has 0 saturated heterocycles. The van der Waals surface area contributed by atoms with Crippen molar-refractivity contribution in [2.75, 3.05) is 7.11 Å². The van der Waals surface area contributed by atoms with Gasteiger partial charge in [0.1, 0.15) is 5.75 Å². The zero-order valence-corrected chi connectivity index (χ0v) is 10.9. The molecule has 0 aliphatic rings. The first-order valence-electron chi connectivity index (χ1n) is 5.95. The van der Waals surface area contributed by atoms with E-state index in [9.17, 15) is 9.90 Å². The van der Waals surface area contributed by atoms with Crippen LogP contribution in [0.5, 0.6) is 5.75 Å². The molecule has 1 N–H and O–H groups in total. The molecule has 19 heavy (non-hydrogen) atoms. The summed E-state index contributed by atoms with van der Waals surface area (Å²) in [4.78, 5) is 15.3. The van der Waals surface area contributed by atoms with Crippen LogP contribution in [-0.4, -0.2) is 21.8 Å². The smallest absolute Gasteiger partial charge is 0.347 e. The van der Waals surface area contributed by atoms with E-state index in [4.69, 9.17) is 4.74 Å². The third-order valence-corrected chi connectivity index (χ3v) is 2.83. The summed E-state index contributed by atoms with van der Waals surface area (Å²) >= 11 is 0. The molecule has 100 valence electrons. The van der Waals surface area contributed by atoms with Crippen molar-refractivity contribution in [1.82, 2.24) is 9.55 Å². The van der Waals surface area contributed by atoms with Crippen molar-refractivity contribution in [2.45, 2.75) is 19.6 Å². The van der Waals surface area contributed by atoms with Gasteiger partial charge in [0.2, 0.25) is 0 Å². The Labute approximate surface area is 111 Å².